The number of carbonyl (C=O) groups is 2. The number of halogens is 2. The molecular weight excluding hydrogens is 547 g/mol. The monoisotopic (exact) mass is 572 g/mol. The number of piperazine rings is 1. The van der Waals surface area contributed by atoms with Crippen LogP contribution in [0.3, 0.4) is 0 Å². The Labute approximate surface area is 236 Å². The molecule has 38 heavy (non-hydrogen) atoms. The van der Waals surface area contributed by atoms with Gasteiger partial charge in [-0.2, -0.15) is 0 Å². The fourth-order valence-corrected chi connectivity index (χ4v) is 4.81. The minimum absolute atomic E-state index is 0.0201. The van der Waals surface area contributed by atoms with Crippen LogP contribution < -0.4 is 25.0 Å². The Balaban J connectivity index is 1.35. The number of carbonyl (C=O) groups excluding carboxylic acids is 2. The molecule has 8 nitrogen and oxygen atoms in total. The number of hydrogen-bond donors (Lipinski definition) is 2. The Bertz CT molecular complexity index is 1320. The minimum atomic E-state index is -0.467. The Morgan fingerprint density at radius 2 is 1.53 bits per heavy atom. The summed E-state index contributed by atoms with van der Waals surface area (Å²) in [5, 5.41) is 6.85. The summed E-state index contributed by atoms with van der Waals surface area (Å²) in [4.78, 5) is 29.6. The highest BCUT2D eigenvalue weighted by Crippen LogP contribution is 2.31. The Morgan fingerprint density at radius 1 is 0.895 bits per heavy atom. The number of nitrogens with one attached hydrogen (secondary N) is 2. The van der Waals surface area contributed by atoms with E-state index in [1.165, 1.54) is 14.2 Å². The van der Waals surface area contributed by atoms with Gasteiger partial charge in [-0.1, -0.05) is 29.3 Å². The number of rotatable bonds is 6. The first kappa shape index (κ1) is 27.5. The fourth-order valence-electron chi connectivity index (χ4n) is 4.17. The summed E-state index contributed by atoms with van der Waals surface area (Å²) in [5.41, 5.74) is 2.32. The van der Waals surface area contributed by atoms with E-state index in [-0.39, 0.29) is 16.6 Å². The van der Waals surface area contributed by atoms with Crippen molar-refractivity contribution in [3.8, 4) is 11.5 Å². The average Bonchev–Trinajstić information content (AvgIpc) is 2.92. The largest absolute Gasteiger partial charge is 0.496 e. The molecule has 4 rings (SSSR count). The Kier molecular flexibility index (Phi) is 8.93. The van der Waals surface area contributed by atoms with Crippen molar-refractivity contribution in [2.24, 2.45) is 0 Å². The summed E-state index contributed by atoms with van der Waals surface area (Å²) in [7, 11) is 2.95. The van der Waals surface area contributed by atoms with E-state index in [1.54, 1.807) is 48.5 Å². The van der Waals surface area contributed by atoms with Gasteiger partial charge in [-0.05, 0) is 66.8 Å². The summed E-state index contributed by atoms with van der Waals surface area (Å²) in [6, 6.07) is 17.4. The van der Waals surface area contributed by atoms with Gasteiger partial charge in [0.25, 0.3) is 11.8 Å². The highest BCUT2D eigenvalue weighted by atomic mass is 35.5. The molecular formula is C27H26Cl2N4O4S. The molecule has 3 aromatic rings. The highest BCUT2D eigenvalue weighted by Gasteiger charge is 2.24. The lowest BCUT2D eigenvalue weighted by molar-refractivity contribution is 0.0746. The fraction of sp³-hybridized carbons (Fsp3) is 0.222. The topological polar surface area (TPSA) is 83.1 Å². The van der Waals surface area contributed by atoms with Gasteiger partial charge in [0.1, 0.15) is 17.1 Å². The number of anilines is 2. The van der Waals surface area contributed by atoms with Gasteiger partial charge in [0, 0.05) is 42.5 Å². The van der Waals surface area contributed by atoms with Crippen LogP contribution in [0.4, 0.5) is 11.4 Å². The molecule has 0 unspecified atom stereocenters. The number of methoxy groups -OCH3 is 2. The van der Waals surface area contributed by atoms with Crippen molar-refractivity contribution in [2.45, 2.75) is 0 Å². The minimum Gasteiger partial charge on any atom is -0.496 e. The van der Waals surface area contributed by atoms with Crippen molar-refractivity contribution >= 4 is 63.7 Å². The smallest absolute Gasteiger partial charge is 0.264 e. The van der Waals surface area contributed by atoms with E-state index in [0.717, 1.165) is 5.69 Å². The van der Waals surface area contributed by atoms with E-state index >= 15 is 0 Å². The number of thiocarbonyl (C=S) groups is 1. The third kappa shape index (κ3) is 6.30. The van der Waals surface area contributed by atoms with Gasteiger partial charge in [0.2, 0.25) is 0 Å². The number of nitrogens with zero attached hydrogens (tertiary/aromatic N) is 2. The van der Waals surface area contributed by atoms with E-state index in [0.29, 0.717) is 59.0 Å². The third-order valence-corrected chi connectivity index (χ3v) is 6.85. The van der Waals surface area contributed by atoms with Gasteiger partial charge in [-0.3, -0.25) is 14.9 Å². The molecule has 0 saturated carbocycles. The van der Waals surface area contributed by atoms with Crippen LogP contribution in [0.15, 0.2) is 60.7 Å². The van der Waals surface area contributed by atoms with Crippen LogP contribution in [0.5, 0.6) is 11.5 Å². The van der Waals surface area contributed by atoms with Crippen LogP contribution in [-0.4, -0.2) is 62.2 Å². The van der Waals surface area contributed by atoms with Crippen LogP contribution >= 0.6 is 35.4 Å². The van der Waals surface area contributed by atoms with E-state index in [2.05, 4.69) is 15.5 Å². The van der Waals surface area contributed by atoms with Crippen LogP contribution in [0.25, 0.3) is 0 Å². The molecule has 3 aromatic carbocycles. The van der Waals surface area contributed by atoms with Crippen molar-refractivity contribution in [2.75, 3.05) is 50.6 Å². The number of hydrogen-bond acceptors (Lipinski definition) is 6. The first-order valence-electron chi connectivity index (χ1n) is 11.7. The normalized spacial score (nSPS) is 13.1. The zero-order valence-corrected chi connectivity index (χ0v) is 23.1. The van der Waals surface area contributed by atoms with Gasteiger partial charge in [0.15, 0.2) is 5.11 Å². The molecule has 0 radical (unpaired) electrons. The molecule has 1 aliphatic heterocycles. The molecule has 1 saturated heterocycles. The Hall–Kier alpha value is -3.53. The van der Waals surface area contributed by atoms with Crippen molar-refractivity contribution in [3.63, 3.8) is 0 Å². The predicted molar refractivity (Wildman–Crippen MR) is 154 cm³/mol. The predicted octanol–water partition coefficient (Wildman–Crippen LogP) is 5.10. The Morgan fingerprint density at radius 3 is 2.11 bits per heavy atom. The van der Waals surface area contributed by atoms with E-state index in [4.69, 9.17) is 44.9 Å². The summed E-state index contributed by atoms with van der Waals surface area (Å²) < 4.78 is 10.6. The molecule has 2 N–H and O–H groups in total. The molecule has 0 aliphatic carbocycles. The molecule has 0 aromatic heterocycles. The quantitative estimate of drug-likeness (QED) is 0.397. The summed E-state index contributed by atoms with van der Waals surface area (Å²) in [5.74, 6) is 0.248. The van der Waals surface area contributed by atoms with Crippen LogP contribution in [-0.2, 0) is 0 Å². The summed E-state index contributed by atoms with van der Waals surface area (Å²) in [6.07, 6.45) is 0. The molecule has 0 atom stereocenters. The number of amides is 2. The van der Waals surface area contributed by atoms with E-state index < -0.39 is 5.91 Å². The van der Waals surface area contributed by atoms with Crippen molar-refractivity contribution in [3.05, 3.63) is 81.8 Å². The highest BCUT2D eigenvalue weighted by molar-refractivity contribution is 7.80. The molecule has 11 heteroatoms. The second-order valence-electron chi connectivity index (χ2n) is 8.40. The second kappa shape index (κ2) is 12.3. The molecule has 198 valence electrons. The van der Waals surface area contributed by atoms with Gasteiger partial charge in [0.05, 0.1) is 24.9 Å². The van der Waals surface area contributed by atoms with Crippen molar-refractivity contribution < 1.29 is 19.1 Å². The van der Waals surface area contributed by atoms with Crippen molar-refractivity contribution in [1.29, 1.82) is 0 Å². The van der Waals surface area contributed by atoms with Crippen LogP contribution in [0, 0.1) is 0 Å². The molecule has 1 heterocycles. The van der Waals surface area contributed by atoms with Crippen LogP contribution in [0.1, 0.15) is 20.7 Å². The van der Waals surface area contributed by atoms with Gasteiger partial charge < -0.3 is 24.6 Å². The second-order valence-corrected chi connectivity index (χ2v) is 9.65. The SMILES string of the molecule is COc1cccc(OC)c1C(=O)NC(=S)Nc1ccc(N2CCN(C(=O)c3ccc(Cl)cc3)CC2)c(Cl)c1. The zero-order chi connectivity index (χ0) is 27.2. The first-order valence-corrected chi connectivity index (χ1v) is 12.9. The first-order chi connectivity index (χ1) is 18.3. The van der Waals surface area contributed by atoms with Crippen LogP contribution in [0.2, 0.25) is 10.0 Å². The molecule has 0 spiro atoms. The number of benzene rings is 3. The van der Waals surface area contributed by atoms with Gasteiger partial charge in [-0.15, -0.1) is 0 Å². The molecule has 1 aliphatic rings. The third-order valence-electron chi connectivity index (χ3n) is 6.09. The molecule has 0 bridgehead atoms. The van der Waals surface area contributed by atoms with Crippen molar-refractivity contribution in [1.82, 2.24) is 10.2 Å². The lowest BCUT2D eigenvalue weighted by Gasteiger charge is -2.36. The van der Waals surface area contributed by atoms with E-state index in [9.17, 15) is 9.59 Å². The zero-order valence-electron chi connectivity index (χ0n) is 20.8. The lowest BCUT2D eigenvalue weighted by atomic mass is 10.1. The van der Waals surface area contributed by atoms with Gasteiger partial charge >= 0.3 is 0 Å². The van der Waals surface area contributed by atoms with Gasteiger partial charge in [-0.25, -0.2) is 0 Å². The molecule has 2 amide bonds. The average molecular weight is 574 g/mol. The maximum Gasteiger partial charge on any atom is 0.264 e. The maximum absolute atomic E-state index is 12.8. The summed E-state index contributed by atoms with van der Waals surface area (Å²) >= 11 is 17.9. The van der Waals surface area contributed by atoms with E-state index in [1.807, 2.05) is 17.0 Å². The summed E-state index contributed by atoms with van der Waals surface area (Å²) in [6.45, 7) is 2.42. The standard InChI is InChI=1S/C27H26Cl2N4O4S/c1-36-22-4-3-5-23(37-2)24(22)25(34)31-27(38)30-19-10-11-21(20(29)16-19)32-12-14-33(15-13-32)26(35)17-6-8-18(28)9-7-17/h3-11,16H,12-15H2,1-2H3,(H2,30,31,34,38). The lowest BCUT2D eigenvalue weighted by Crippen LogP contribution is -2.48. The maximum atomic E-state index is 12.8. The molecule has 1 fully saturated rings. The number of ether oxygens (including phenoxy) is 2.